The molecule has 1 aromatic heterocycles. The first kappa shape index (κ1) is 18.4. The molecule has 0 aliphatic carbocycles. The van der Waals surface area contributed by atoms with Gasteiger partial charge < -0.3 is 15.0 Å². The summed E-state index contributed by atoms with van der Waals surface area (Å²) in [6, 6.07) is 8.45. The average molecular weight is 377 g/mol. The second kappa shape index (κ2) is 8.33. The van der Waals surface area contributed by atoms with Gasteiger partial charge in [0.25, 0.3) is 5.56 Å². The van der Waals surface area contributed by atoms with E-state index in [4.69, 9.17) is 16.3 Å². The molecule has 2 aromatic rings. The lowest BCUT2D eigenvalue weighted by Crippen LogP contribution is -2.42. The Hall–Kier alpha value is -2.38. The van der Waals surface area contributed by atoms with E-state index in [1.165, 1.54) is 10.6 Å². The van der Waals surface area contributed by atoms with Crippen molar-refractivity contribution in [3.8, 4) is 0 Å². The van der Waals surface area contributed by atoms with Gasteiger partial charge in [0.1, 0.15) is 6.54 Å². The van der Waals surface area contributed by atoms with E-state index in [0.29, 0.717) is 55.1 Å². The van der Waals surface area contributed by atoms with Crippen molar-refractivity contribution in [1.29, 1.82) is 0 Å². The van der Waals surface area contributed by atoms with Gasteiger partial charge in [-0.05, 0) is 18.6 Å². The van der Waals surface area contributed by atoms with Crippen LogP contribution in [0.1, 0.15) is 12.6 Å². The smallest absolute Gasteiger partial charge is 0.255 e. The maximum atomic E-state index is 12.6. The number of carbonyl (C=O) groups excluding carboxylic acids is 1. The third-order valence-electron chi connectivity index (χ3n) is 4.15. The number of nitrogens with one attached hydrogen (secondary N) is 1. The summed E-state index contributed by atoms with van der Waals surface area (Å²) in [6.07, 6.45) is 0.652. The first-order chi connectivity index (χ1) is 12.6. The number of nitrogens with zero attached hydrogens (tertiary/aromatic N) is 3. The fourth-order valence-electron chi connectivity index (χ4n) is 2.77. The van der Waals surface area contributed by atoms with E-state index in [1.54, 1.807) is 24.3 Å². The van der Waals surface area contributed by atoms with E-state index < -0.39 is 0 Å². The first-order valence-electron chi connectivity index (χ1n) is 8.56. The van der Waals surface area contributed by atoms with Crippen LogP contribution >= 0.6 is 11.6 Å². The lowest BCUT2D eigenvalue weighted by atomic mass is 10.3. The van der Waals surface area contributed by atoms with Crippen molar-refractivity contribution in [3.63, 3.8) is 0 Å². The zero-order valence-electron chi connectivity index (χ0n) is 14.6. The number of rotatable bonds is 5. The van der Waals surface area contributed by atoms with Crippen LogP contribution in [-0.2, 0) is 22.5 Å². The van der Waals surface area contributed by atoms with Crippen LogP contribution < -0.4 is 15.8 Å². The van der Waals surface area contributed by atoms with Crippen molar-refractivity contribution in [2.75, 3.05) is 36.5 Å². The van der Waals surface area contributed by atoms with E-state index in [9.17, 15) is 9.59 Å². The lowest BCUT2D eigenvalue weighted by Gasteiger charge is -2.29. The molecule has 3 rings (SSSR count). The predicted octanol–water partition coefficient (Wildman–Crippen LogP) is 1.93. The van der Waals surface area contributed by atoms with E-state index in [2.05, 4.69) is 10.3 Å². The Morgan fingerprint density at radius 2 is 2.04 bits per heavy atom. The largest absolute Gasteiger partial charge is 0.378 e. The van der Waals surface area contributed by atoms with Gasteiger partial charge in [-0.25, -0.2) is 4.98 Å². The minimum absolute atomic E-state index is 0.131. The van der Waals surface area contributed by atoms with E-state index in [-0.39, 0.29) is 18.0 Å². The Kier molecular flexibility index (Phi) is 5.90. The van der Waals surface area contributed by atoms with Crippen molar-refractivity contribution < 1.29 is 9.53 Å². The van der Waals surface area contributed by atoms with Crippen molar-refractivity contribution >= 4 is 29.1 Å². The number of benzene rings is 1. The highest BCUT2D eigenvalue weighted by atomic mass is 35.5. The van der Waals surface area contributed by atoms with Crippen LogP contribution in [0.4, 0.5) is 11.6 Å². The maximum Gasteiger partial charge on any atom is 0.255 e. The zero-order chi connectivity index (χ0) is 18.5. The maximum absolute atomic E-state index is 12.6. The fraction of sp³-hybridized carbons (Fsp3) is 0.389. The van der Waals surface area contributed by atoms with Gasteiger partial charge in [0.15, 0.2) is 0 Å². The summed E-state index contributed by atoms with van der Waals surface area (Å²) >= 11 is 6.08. The van der Waals surface area contributed by atoms with Gasteiger partial charge in [-0.15, -0.1) is 0 Å². The molecule has 1 aromatic carbocycles. The van der Waals surface area contributed by atoms with Crippen LogP contribution in [0.15, 0.2) is 35.1 Å². The number of amides is 1. The summed E-state index contributed by atoms with van der Waals surface area (Å²) < 4.78 is 6.77. The molecule has 8 heteroatoms. The van der Waals surface area contributed by atoms with E-state index >= 15 is 0 Å². The monoisotopic (exact) mass is 376 g/mol. The van der Waals surface area contributed by atoms with Crippen molar-refractivity contribution in [2.24, 2.45) is 0 Å². The molecule has 26 heavy (non-hydrogen) atoms. The molecule has 1 aliphatic heterocycles. The van der Waals surface area contributed by atoms with Gasteiger partial charge in [-0.1, -0.05) is 30.7 Å². The highest BCUT2D eigenvalue weighted by Crippen LogP contribution is 2.20. The van der Waals surface area contributed by atoms with Gasteiger partial charge in [-0.3, -0.25) is 14.2 Å². The third-order valence-corrected chi connectivity index (χ3v) is 4.48. The normalized spacial score (nSPS) is 14.3. The quantitative estimate of drug-likeness (QED) is 0.862. The summed E-state index contributed by atoms with van der Waals surface area (Å²) in [5, 5.41) is 3.19. The van der Waals surface area contributed by atoms with E-state index in [1.807, 2.05) is 11.8 Å². The molecule has 138 valence electrons. The molecular formula is C18H21ClN4O3. The first-order valence-corrected chi connectivity index (χ1v) is 8.94. The lowest BCUT2D eigenvalue weighted by molar-refractivity contribution is -0.116. The molecule has 0 atom stereocenters. The van der Waals surface area contributed by atoms with Crippen LogP contribution in [-0.4, -0.2) is 41.8 Å². The molecule has 0 saturated carbocycles. The molecular weight excluding hydrogens is 356 g/mol. The van der Waals surface area contributed by atoms with Gasteiger partial charge in [0, 0.05) is 24.8 Å². The topological polar surface area (TPSA) is 76.5 Å². The molecule has 1 saturated heterocycles. The second-order valence-electron chi connectivity index (χ2n) is 5.95. The highest BCUT2D eigenvalue weighted by molar-refractivity contribution is 6.33. The van der Waals surface area contributed by atoms with Crippen LogP contribution in [0.5, 0.6) is 0 Å². The molecule has 2 heterocycles. The van der Waals surface area contributed by atoms with Gasteiger partial charge in [-0.2, -0.15) is 0 Å². The third kappa shape index (κ3) is 4.23. The number of aryl methyl sites for hydroxylation is 1. The minimum atomic E-state index is -0.333. The molecule has 1 N–H and O–H groups in total. The standard InChI is InChI=1S/C18H21ClN4O3/c1-2-13-11-17(25)23(18(20-13)22-7-9-26-10-8-22)12-16(24)21-15-6-4-3-5-14(15)19/h3-6,11H,2,7-10,12H2,1H3,(H,21,24). The summed E-state index contributed by atoms with van der Waals surface area (Å²) in [6.45, 7) is 4.21. The summed E-state index contributed by atoms with van der Waals surface area (Å²) in [7, 11) is 0. The van der Waals surface area contributed by atoms with Gasteiger partial charge in [0.2, 0.25) is 11.9 Å². The number of anilines is 2. The number of para-hydroxylation sites is 1. The number of ether oxygens (including phenoxy) is 1. The second-order valence-corrected chi connectivity index (χ2v) is 6.36. The van der Waals surface area contributed by atoms with Crippen LogP contribution in [0, 0.1) is 0 Å². The number of aromatic nitrogens is 2. The van der Waals surface area contributed by atoms with E-state index in [0.717, 1.165) is 0 Å². The van der Waals surface area contributed by atoms with Crippen LogP contribution in [0.3, 0.4) is 0 Å². The Bertz CT molecular complexity index is 847. The predicted molar refractivity (Wildman–Crippen MR) is 101 cm³/mol. The average Bonchev–Trinajstić information content (AvgIpc) is 2.65. The summed E-state index contributed by atoms with van der Waals surface area (Å²) in [5.74, 6) is 0.174. The Morgan fingerprint density at radius 1 is 1.31 bits per heavy atom. The Labute approximate surface area is 156 Å². The van der Waals surface area contributed by atoms with Crippen LogP contribution in [0.2, 0.25) is 5.02 Å². The minimum Gasteiger partial charge on any atom is -0.378 e. The van der Waals surface area contributed by atoms with Gasteiger partial charge in [0.05, 0.1) is 23.9 Å². The molecule has 0 unspecified atom stereocenters. The fourth-order valence-corrected chi connectivity index (χ4v) is 2.95. The SMILES string of the molecule is CCc1cc(=O)n(CC(=O)Nc2ccccc2Cl)c(N2CCOCC2)n1. The molecule has 0 bridgehead atoms. The number of carbonyl (C=O) groups is 1. The number of hydrogen-bond donors (Lipinski definition) is 1. The van der Waals surface area contributed by atoms with Crippen molar-refractivity contribution in [2.45, 2.75) is 19.9 Å². The Morgan fingerprint density at radius 3 is 2.73 bits per heavy atom. The van der Waals surface area contributed by atoms with Gasteiger partial charge >= 0.3 is 0 Å². The Balaban J connectivity index is 1.87. The molecule has 1 amide bonds. The van der Waals surface area contributed by atoms with Crippen LogP contribution in [0.25, 0.3) is 0 Å². The molecule has 1 aliphatic rings. The molecule has 1 fully saturated rings. The number of morpholine rings is 1. The zero-order valence-corrected chi connectivity index (χ0v) is 15.3. The highest BCUT2D eigenvalue weighted by Gasteiger charge is 2.20. The van der Waals surface area contributed by atoms with Crippen molar-refractivity contribution in [1.82, 2.24) is 9.55 Å². The molecule has 0 spiro atoms. The molecule has 0 radical (unpaired) electrons. The summed E-state index contributed by atoms with van der Waals surface area (Å²) in [5.41, 5.74) is 0.977. The van der Waals surface area contributed by atoms with Crippen molar-refractivity contribution in [3.05, 3.63) is 51.4 Å². The number of hydrogen-bond acceptors (Lipinski definition) is 5. The summed E-state index contributed by atoms with van der Waals surface area (Å²) in [4.78, 5) is 31.6. The molecule has 7 nitrogen and oxygen atoms in total. The number of halogens is 1.